The van der Waals surface area contributed by atoms with Crippen LogP contribution in [0.4, 0.5) is 4.39 Å². The summed E-state index contributed by atoms with van der Waals surface area (Å²) in [6.45, 7) is 3.58. The van der Waals surface area contributed by atoms with E-state index >= 15 is 0 Å². The summed E-state index contributed by atoms with van der Waals surface area (Å²) < 4.78 is 23.5. The molecule has 0 fully saturated rings. The molecule has 0 aliphatic carbocycles. The molecule has 5 heteroatoms. The van der Waals surface area contributed by atoms with Gasteiger partial charge in [-0.1, -0.05) is 0 Å². The van der Waals surface area contributed by atoms with Crippen LogP contribution >= 0.6 is 0 Å². The van der Waals surface area contributed by atoms with Crippen LogP contribution in [0.1, 0.15) is 21.7 Å². The minimum absolute atomic E-state index is 0.0395. The summed E-state index contributed by atoms with van der Waals surface area (Å²) in [5.74, 6) is -0.0740. The summed E-state index contributed by atoms with van der Waals surface area (Å²) in [5.41, 5.74) is 2.19. The number of benzene rings is 2. The van der Waals surface area contributed by atoms with Crippen LogP contribution in [-0.4, -0.2) is 11.1 Å². The number of carbonyl (C=O) groups excluding carboxylic acids is 1. The first-order chi connectivity index (χ1) is 11.4. The van der Waals surface area contributed by atoms with Crippen molar-refractivity contribution in [3.05, 3.63) is 71.2 Å². The van der Waals surface area contributed by atoms with Gasteiger partial charge < -0.3 is 14.3 Å². The number of ether oxygens (including phenoxy) is 1. The number of halogens is 1. The molecule has 0 amide bonds. The van der Waals surface area contributed by atoms with E-state index in [1.54, 1.807) is 32.0 Å². The second-order valence-electron chi connectivity index (χ2n) is 5.47. The van der Waals surface area contributed by atoms with Crippen LogP contribution in [0.2, 0.25) is 0 Å². The van der Waals surface area contributed by atoms with Crippen LogP contribution in [0.25, 0.3) is 11.3 Å². The molecule has 0 atom stereocenters. The maximum Gasteiger partial charge on any atom is 0.379 e. The molecule has 0 saturated carbocycles. The van der Waals surface area contributed by atoms with Gasteiger partial charge >= 0.3 is 5.97 Å². The molecule has 4 nitrogen and oxygen atoms in total. The fourth-order valence-corrected chi connectivity index (χ4v) is 2.36. The van der Waals surface area contributed by atoms with Crippen LogP contribution in [0.5, 0.6) is 11.5 Å². The standard InChI is InChI=1S/C19H15FO4/c1-11-9-13(10-12(2)18(11)21)16-7-8-17(24-16)19(22)23-15-5-3-14(20)4-6-15/h3-10,21H,1-2H3. The molecule has 0 aliphatic heterocycles. The molecular formula is C19H15FO4. The molecule has 3 aromatic rings. The number of carbonyl (C=O) groups is 1. The fourth-order valence-electron chi connectivity index (χ4n) is 2.36. The zero-order chi connectivity index (χ0) is 17.3. The normalized spacial score (nSPS) is 10.6. The van der Waals surface area contributed by atoms with Crippen LogP contribution in [0.15, 0.2) is 52.9 Å². The van der Waals surface area contributed by atoms with Crippen molar-refractivity contribution in [3.8, 4) is 22.8 Å². The Balaban J connectivity index is 1.82. The van der Waals surface area contributed by atoms with Crippen LogP contribution in [0.3, 0.4) is 0 Å². The number of aryl methyl sites for hydroxylation is 2. The summed E-state index contributed by atoms with van der Waals surface area (Å²) in [4.78, 5) is 12.1. The number of rotatable bonds is 3. The van der Waals surface area contributed by atoms with Gasteiger partial charge in [-0.3, -0.25) is 0 Å². The lowest BCUT2D eigenvalue weighted by Crippen LogP contribution is -2.07. The predicted octanol–water partition coefficient (Wildman–Crippen LogP) is 4.63. The Hall–Kier alpha value is -3.08. The summed E-state index contributed by atoms with van der Waals surface area (Å²) in [6.07, 6.45) is 0. The second kappa shape index (κ2) is 6.20. The minimum Gasteiger partial charge on any atom is -0.507 e. The van der Waals surface area contributed by atoms with E-state index < -0.39 is 11.8 Å². The molecule has 1 N–H and O–H groups in total. The quantitative estimate of drug-likeness (QED) is 0.563. The number of hydrogen-bond donors (Lipinski definition) is 1. The van der Waals surface area contributed by atoms with E-state index in [0.29, 0.717) is 5.76 Å². The zero-order valence-corrected chi connectivity index (χ0v) is 13.2. The molecule has 0 unspecified atom stereocenters. The lowest BCUT2D eigenvalue weighted by atomic mass is 10.0. The average molecular weight is 326 g/mol. The first kappa shape index (κ1) is 15.8. The highest BCUT2D eigenvalue weighted by atomic mass is 19.1. The predicted molar refractivity (Wildman–Crippen MR) is 86.6 cm³/mol. The smallest absolute Gasteiger partial charge is 0.379 e. The Morgan fingerprint density at radius 2 is 1.67 bits per heavy atom. The van der Waals surface area contributed by atoms with Crippen LogP contribution in [-0.2, 0) is 0 Å². The topological polar surface area (TPSA) is 59.7 Å². The molecule has 122 valence electrons. The van der Waals surface area contributed by atoms with Crippen molar-refractivity contribution in [2.24, 2.45) is 0 Å². The van der Waals surface area contributed by atoms with Crippen molar-refractivity contribution < 1.29 is 23.4 Å². The maximum absolute atomic E-state index is 12.9. The highest BCUT2D eigenvalue weighted by molar-refractivity contribution is 5.89. The molecule has 0 bridgehead atoms. The summed E-state index contributed by atoms with van der Waals surface area (Å²) >= 11 is 0. The van der Waals surface area contributed by atoms with Gasteiger partial charge in [0.25, 0.3) is 0 Å². The van der Waals surface area contributed by atoms with E-state index in [-0.39, 0.29) is 17.3 Å². The molecular weight excluding hydrogens is 311 g/mol. The van der Waals surface area contributed by atoms with E-state index in [4.69, 9.17) is 9.15 Å². The Morgan fingerprint density at radius 1 is 1.04 bits per heavy atom. The van der Waals surface area contributed by atoms with Gasteiger partial charge in [-0.05, 0) is 73.5 Å². The number of esters is 1. The Bertz CT molecular complexity index is 871. The number of aromatic hydroxyl groups is 1. The van der Waals surface area contributed by atoms with Crippen molar-refractivity contribution in [1.29, 1.82) is 0 Å². The van der Waals surface area contributed by atoms with Crippen molar-refractivity contribution in [2.45, 2.75) is 13.8 Å². The first-order valence-corrected chi connectivity index (χ1v) is 7.32. The van der Waals surface area contributed by atoms with Crippen molar-refractivity contribution in [3.63, 3.8) is 0 Å². The molecule has 1 heterocycles. The van der Waals surface area contributed by atoms with Gasteiger partial charge in [0.15, 0.2) is 0 Å². The number of furan rings is 1. The highest BCUT2D eigenvalue weighted by Gasteiger charge is 2.16. The van der Waals surface area contributed by atoms with Gasteiger partial charge in [-0.15, -0.1) is 0 Å². The monoisotopic (exact) mass is 326 g/mol. The Morgan fingerprint density at radius 3 is 2.29 bits per heavy atom. The molecule has 0 saturated heterocycles. The average Bonchev–Trinajstić information content (AvgIpc) is 3.04. The van der Waals surface area contributed by atoms with Gasteiger partial charge in [0.05, 0.1) is 0 Å². The molecule has 24 heavy (non-hydrogen) atoms. The van der Waals surface area contributed by atoms with E-state index in [1.165, 1.54) is 30.3 Å². The zero-order valence-electron chi connectivity index (χ0n) is 13.2. The lowest BCUT2D eigenvalue weighted by Gasteiger charge is -2.06. The molecule has 2 aromatic carbocycles. The molecule has 1 aromatic heterocycles. The third-order valence-corrected chi connectivity index (χ3v) is 3.61. The van der Waals surface area contributed by atoms with Crippen LogP contribution in [0, 0.1) is 19.7 Å². The van der Waals surface area contributed by atoms with Crippen molar-refractivity contribution >= 4 is 5.97 Å². The third kappa shape index (κ3) is 3.15. The third-order valence-electron chi connectivity index (χ3n) is 3.61. The second-order valence-corrected chi connectivity index (χ2v) is 5.47. The van der Waals surface area contributed by atoms with E-state index in [2.05, 4.69) is 0 Å². The van der Waals surface area contributed by atoms with Crippen molar-refractivity contribution in [2.75, 3.05) is 0 Å². The SMILES string of the molecule is Cc1cc(-c2ccc(C(=O)Oc3ccc(F)cc3)o2)cc(C)c1O. The summed E-state index contributed by atoms with van der Waals surface area (Å²) in [7, 11) is 0. The summed E-state index contributed by atoms with van der Waals surface area (Å²) in [5, 5.41) is 9.82. The van der Waals surface area contributed by atoms with Crippen LogP contribution < -0.4 is 4.74 Å². The molecule has 0 spiro atoms. The van der Waals surface area contributed by atoms with Gasteiger partial charge in [0.2, 0.25) is 5.76 Å². The maximum atomic E-state index is 12.9. The largest absolute Gasteiger partial charge is 0.507 e. The molecule has 3 rings (SSSR count). The van der Waals surface area contributed by atoms with Gasteiger partial charge in [0.1, 0.15) is 23.1 Å². The Kier molecular flexibility index (Phi) is 4.08. The first-order valence-electron chi connectivity index (χ1n) is 7.32. The number of hydrogen-bond acceptors (Lipinski definition) is 4. The Labute approximate surface area is 138 Å². The van der Waals surface area contributed by atoms with Gasteiger partial charge in [0, 0.05) is 5.56 Å². The number of phenolic OH excluding ortho intramolecular Hbond substituents is 1. The molecule has 0 radical (unpaired) electrons. The van der Waals surface area contributed by atoms with Gasteiger partial charge in [-0.2, -0.15) is 0 Å². The molecule has 0 aliphatic rings. The van der Waals surface area contributed by atoms with E-state index in [9.17, 15) is 14.3 Å². The van der Waals surface area contributed by atoms with E-state index in [0.717, 1.165) is 16.7 Å². The number of phenols is 1. The lowest BCUT2D eigenvalue weighted by molar-refractivity contribution is 0.0702. The minimum atomic E-state index is -0.667. The fraction of sp³-hybridized carbons (Fsp3) is 0.105. The van der Waals surface area contributed by atoms with Crippen molar-refractivity contribution in [1.82, 2.24) is 0 Å². The van der Waals surface area contributed by atoms with E-state index in [1.807, 2.05) is 0 Å². The highest BCUT2D eigenvalue weighted by Crippen LogP contribution is 2.30. The summed E-state index contributed by atoms with van der Waals surface area (Å²) in [6, 6.07) is 11.9. The van der Waals surface area contributed by atoms with Gasteiger partial charge in [-0.25, -0.2) is 9.18 Å².